The third-order valence-corrected chi connectivity index (χ3v) is 5.25. The number of hydrogen-bond acceptors (Lipinski definition) is 6. The lowest BCUT2D eigenvalue weighted by Crippen LogP contribution is -2.11. The predicted octanol–water partition coefficient (Wildman–Crippen LogP) is 4.95. The Labute approximate surface area is 172 Å². The van der Waals surface area contributed by atoms with E-state index in [0.29, 0.717) is 43.5 Å². The number of anilines is 1. The monoisotopic (exact) mass is 418 g/mol. The first-order chi connectivity index (χ1) is 13.5. The third kappa shape index (κ3) is 4.74. The average Bonchev–Trinajstić information content (AvgIpc) is 3.08. The van der Waals surface area contributed by atoms with Crippen LogP contribution in [0.4, 0.5) is 5.69 Å². The minimum absolute atomic E-state index is 0.236. The molecule has 28 heavy (non-hydrogen) atoms. The molecule has 0 aliphatic carbocycles. The number of rotatable bonds is 7. The van der Waals surface area contributed by atoms with Gasteiger partial charge >= 0.3 is 0 Å². The Morgan fingerprint density at radius 2 is 1.82 bits per heavy atom. The van der Waals surface area contributed by atoms with E-state index in [0.717, 1.165) is 0 Å². The molecule has 0 bridgehead atoms. The Kier molecular flexibility index (Phi) is 6.38. The first-order valence-electron chi connectivity index (χ1n) is 8.38. The summed E-state index contributed by atoms with van der Waals surface area (Å²) in [5.41, 5.74) is 1.26. The Balaban J connectivity index is 1.68. The Morgan fingerprint density at radius 3 is 2.50 bits per heavy atom. The van der Waals surface area contributed by atoms with Gasteiger partial charge in [-0.3, -0.25) is 4.79 Å². The van der Waals surface area contributed by atoms with E-state index >= 15 is 0 Å². The lowest BCUT2D eigenvalue weighted by Gasteiger charge is -2.10. The molecule has 146 valence electrons. The van der Waals surface area contributed by atoms with Gasteiger partial charge in [-0.2, -0.15) is 0 Å². The summed E-state index contributed by atoms with van der Waals surface area (Å²) in [5.74, 6) is 1.59. The summed E-state index contributed by atoms with van der Waals surface area (Å²) in [6.07, 6.45) is 0. The van der Waals surface area contributed by atoms with Crippen LogP contribution in [-0.2, 0) is 6.61 Å². The second-order valence-corrected chi connectivity index (χ2v) is 7.31. The maximum Gasteiger partial charge on any atom is 0.267 e. The number of halogens is 1. The highest BCUT2D eigenvalue weighted by atomic mass is 35.5. The van der Waals surface area contributed by atoms with Crippen LogP contribution in [-0.4, -0.2) is 25.1 Å². The molecule has 0 unspecified atom stereocenters. The second-order valence-electron chi connectivity index (χ2n) is 5.79. The zero-order valence-corrected chi connectivity index (χ0v) is 17.2. The number of carbonyl (C=O) groups excluding carboxylic acids is 1. The van der Waals surface area contributed by atoms with E-state index in [2.05, 4.69) is 10.3 Å². The number of benzene rings is 2. The van der Waals surface area contributed by atoms with Crippen LogP contribution in [0.5, 0.6) is 17.2 Å². The summed E-state index contributed by atoms with van der Waals surface area (Å²) in [7, 11) is 3.11. The molecule has 0 saturated carbocycles. The highest BCUT2D eigenvalue weighted by Gasteiger charge is 2.17. The van der Waals surface area contributed by atoms with E-state index in [9.17, 15) is 4.79 Å². The zero-order valence-electron chi connectivity index (χ0n) is 15.6. The van der Waals surface area contributed by atoms with Gasteiger partial charge in [-0.15, -0.1) is 11.3 Å². The lowest BCUT2D eigenvalue weighted by molar-refractivity contribution is 0.103. The van der Waals surface area contributed by atoms with Crippen molar-refractivity contribution in [3.05, 3.63) is 63.1 Å². The van der Waals surface area contributed by atoms with Gasteiger partial charge in [0.2, 0.25) is 0 Å². The number of thiazole rings is 1. The van der Waals surface area contributed by atoms with Crippen molar-refractivity contribution in [3.8, 4) is 17.2 Å². The van der Waals surface area contributed by atoms with Crippen molar-refractivity contribution in [2.75, 3.05) is 19.5 Å². The topological polar surface area (TPSA) is 69.7 Å². The molecule has 0 atom stereocenters. The minimum atomic E-state index is -0.236. The summed E-state index contributed by atoms with van der Waals surface area (Å²) >= 11 is 7.16. The molecule has 6 nitrogen and oxygen atoms in total. The summed E-state index contributed by atoms with van der Waals surface area (Å²) in [6.45, 7) is 2.07. The molecule has 0 aliphatic heterocycles. The van der Waals surface area contributed by atoms with E-state index in [1.165, 1.54) is 11.3 Å². The van der Waals surface area contributed by atoms with Gasteiger partial charge in [0.05, 0.1) is 19.9 Å². The summed E-state index contributed by atoms with van der Waals surface area (Å²) < 4.78 is 16.2. The van der Waals surface area contributed by atoms with Crippen molar-refractivity contribution in [1.82, 2.24) is 4.98 Å². The number of nitrogens with zero attached hydrogens (tertiary/aromatic N) is 1. The Bertz CT molecular complexity index is 973. The zero-order chi connectivity index (χ0) is 20.1. The molecule has 0 fully saturated rings. The molecule has 1 heterocycles. The fourth-order valence-electron chi connectivity index (χ4n) is 2.50. The van der Waals surface area contributed by atoms with E-state index in [-0.39, 0.29) is 12.5 Å². The molecule has 1 amide bonds. The van der Waals surface area contributed by atoms with Crippen LogP contribution in [0.1, 0.15) is 20.4 Å². The molecule has 0 aliphatic rings. The maximum absolute atomic E-state index is 12.6. The number of nitrogens with one attached hydrogen (secondary N) is 1. The molecule has 2 aromatic carbocycles. The van der Waals surface area contributed by atoms with Crippen molar-refractivity contribution in [3.63, 3.8) is 0 Å². The first-order valence-corrected chi connectivity index (χ1v) is 9.57. The minimum Gasteiger partial charge on any atom is -0.493 e. The fraction of sp³-hybridized carbons (Fsp3) is 0.200. The van der Waals surface area contributed by atoms with Crippen LogP contribution in [0, 0.1) is 6.92 Å². The van der Waals surface area contributed by atoms with Crippen molar-refractivity contribution >= 4 is 34.5 Å². The molecule has 0 saturated heterocycles. The molecule has 1 N–H and O–H groups in total. The van der Waals surface area contributed by atoms with Gasteiger partial charge in [-0.05, 0) is 43.3 Å². The number of carbonyl (C=O) groups is 1. The summed E-state index contributed by atoms with van der Waals surface area (Å²) in [4.78, 5) is 17.6. The van der Waals surface area contributed by atoms with Gasteiger partial charge in [-0.1, -0.05) is 11.6 Å². The highest BCUT2D eigenvalue weighted by molar-refractivity contribution is 7.13. The number of aryl methyl sites for hydroxylation is 1. The van der Waals surface area contributed by atoms with Gasteiger partial charge in [0, 0.05) is 16.8 Å². The van der Waals surface area contributed by atoms with Gasteiger partial charge in [0.1, 0.15) is 22.2 Å². The highest BCUT2D eigenvalue weighted by Crippen LogP contribution is 2.30. The molecule has 8 heteroatoms. The molecular formula is C20H19ClN2O4S. The van der Waals surface area contributed by atoms with Crippen LogP contribution in [0.3, 0.4) is 0 Å². The summed E-state index contributed by atoms with van der Waals surface area (Å²) in [5, 5.41) is 4.22. The van der Waals surface area contributed by atoms with Gasteiger partial charge in [-0.25, -0.2) is 4.98 Å². The largest absolute Gasteiger partial charge is 0.493 e. The smallest absolute Gasteiger partial charge is 0.267 e. The standard InChI is InChI=1S/C20H19ClN2O4S/c1-12-19(20(24)23-14-6-9-16(25-2)17(10-14)26-3)28-18(22-12)11-27-15-7-4-13(21)5-8-15/h4-10H,11H2,1-3H3,(H,23,24). The van der Waals surface area contributed by atoms with Crippen LogP contribution in [0.15, 0.2) is 42.5 Å². The average molecular weight is 419 g/mol. The van der Waals surface area contributed by atoms with Gasteiger partial charge in [0.15, 0.2) is 11.5 Å². The quantitative estimate of drug-likeness (QED) is 0.587. The number of hydrogen-bond donors (Lipinski definition) is 1. The molecule has 3 rings (SSSR count). The molecule has 0 radical (unpaired) electrons. The number of aromatic nitrogens is 1. The summed E-state index contributed by atoms with van der Waals surface area (Å²) in [6, 6.07) is 12.3. The van der Waals surface area contributed by atoms with Crippen molar-refractivity contribution in [2.24, 2.45) is 0 Å². The number of methoxy groups -OCH3 is 2. The van der Waals surface area contributed by atoms with Crippen molar-refractivity contribution < 1.29 is 19.0 Å². The molecule has 1 aromatic heterocycles. The predicted molar refractivity (Wildman–Crippen MR) is 110 cm³/mol. The fourth-order valence-corrected chi connectivity index (χ4v) is 3.50. The van der Waals surface area contributed by atoms with Gasteiger partial charge in [0.25, 0.3) is 5.91 Å². The van der Waals surface area contributed by atoms with E-state index in [1.54, 1.807) is 63.6 Å². The van der Waals surface area contributed by atoms with Crippen LogP contribution in [0.2, 0.25) is 5.02 Å². The normalized spacial score (nSPS) is 10.4. The number of ether oxygens (including phenoxy) is 3. The molecule has 3 aromatic rings. The second kappa shape index (κ2) is 8.95. The van der Waals surface area contributed by atoms with E-state index in [4.69, 9.17) is 25.8 Å². The van der Waals surface area contributed by atoms with Crippen LogP contribution < -0.4 is 19.5 Å². The third-order valence-electron chi connectivity index (χ3n) is 3.86. The Hall–Kier alpha value is -2.77. The number of amides is 1. The lowest BCUT2D eigenvalue weighted by atomic mass is 10.2. The SMILES string of the molecule is COc1ccc(NC(=O)c2sc(COc3ccc(Cl)cc3)nc2C)cc1OC. The molecular weight excluding hydrogens is 400 g/mol. The maximum atomic E-state index is 12.6. The Morgan fingerprint density at radius 1 is 1.11 bits per heavy atom. The van der Waals surface area contributed by atoms with Crippen molar-refractivity contribution in [1.29, 1.82) is 0 Å². The van der Waals surface area contributed by atoms with Crippen LogP contribution >= 0.6 is 22.9 Å². The van der Waals surface area contributed by atoms with E-state index in [1.807, 2.05) is 0 Å². The van der Waals surface area contributed by atoms with E-state index < -0.39 is 0 Å². The van der Waals surface area contributed by atoms with Gasteiger partial charge < -0.3 is 19.5 Å². The molecule has 0 spiro atoms. The first kappa shape index (κ1) is 20.0. The van der Waals surface area contributed by atoms with Crippen LogP contribution in [0.25, 0.3) is 0 Å². The van der Waals surface area contributed by atoms with Crippen molar-refractivity contribution in [2.45, 2.75) is 13.5 Å².